The number of anilines is 1. The van der Waals surface area contributed by atoms with Gasteiger partial charge >= 0.3 is 12.1 Å². The quantitative estimate of drug-likeness (QED) is 0.897. The number of carboxylic acids is 1. The fourth-order valence-electron chi connectivity index (χ4n) is 1.25. The molecule has 1 amide bonds. The summed E-state index contributed by atoms with van der Waals surface area (Å²) in [6.07, 6.45) is 0.632. The van der Waals surface area contributed by atoms with Crippen LogP contribution in [0.1, 0.15) is 30.4 Å². The van der Waals surface area contributed by atoms with Crippen molar-refractivity contribution in [2.75, 3.05) is 25.2 Å². The second-order valence-electron chi connectivity index (χ2n) is 4.94. The number of hydrogen-bond donors (Lipinski definition) is 1. The molecule has 0 aromatic carbocycles. The molecule has 0 saturated heterocycles. The molecule has 0 spiro atoms. The highest BCUT2D eigenvalue weighted by Crippen LogP contribution is 2.24. The normalized spacial score (nSPS) is 11.2. The minimum Gasteiger partial charge on any atom is -0.477 e. The summed E-state index contributed by atoms with van der Waals surface area (Å²) in [4.78, 5) is 28.3. The van der Waals surface area contributed by atoms with Crippen molar-refractivity contribution in [3.8, 4) is 0 Å². The van der Waals surface area contributed by atoms with Crippen LogP contribution < -0.4 is 4.90 Å². The van der Waals surface area contributed by atoms with Gasteiger partial charge in [0.2, 0.25) is 0 Å². The molecule has 0 aliphatic heterocycles. The summed E-state index contributed by atoms with van der Waals surface area (Å²) in [5.41, 5.74) is -0.644. The third-order valence-electron chi connectivity index (χ3n) is 2.07. The number of aromatic carboxylic acids is 1. The first-order valence-electron chi connectivity index (χ1n) is 5.93. The van der Waals surface area contributed by atoms with Crippen LogP contribution in [0.15, 0.2) is 6.20 Å². The maximum atomic E-state index is 12.1. The Kier molecular flexibility index (Phi) is 5.46. The molecule has 0 radical (unpaired) electrons. The highest BCUT2D eigenvalue weighted by molar-refractivity contribution is 7.17. The molecule has 0 aliphatic rings. The van der Waals surface area contributed by atoms with E-state index >= 15 is 0 Å². The molecule has 112 valence electrons. The number of aromatic nitrogens is 1. The lowest BCUT2D eigenvalue weighted by atomic mass is 10.2. The molecule has 0 aliphatic carbocycles. The lowest BCUT2D eigenvalue weighted by Crippen LogP contribution is -2.38. The molecule has 1 aromatic heterocycles. The number of carbonyl (C=O) groups excluding carboxylic acids is 1. The third kappa shape index (κ3) is 4.78. The molecule has 20 heavy (non-hydrogen) atoms. The molecule has 7 nitrogen and oxygen atoms in total. The summed E-state index contributed by atoms with van der Waals surface area (Å²) in [5.74, 6) is -1.08. The van der Waals surface area contributed by atoms with E-state index in [9.17, 15) is 9.59 Å². The largest absolute Gasteiger partial charge is 0.477 e. The smallest absolute Gasteiger partial charge is 0.416 e. The van der Waals surface area contributed by atoms with Crippen LogP contribution in [0.4, 0.5) is 9.93 Å². The number of ether oxygens (including phenoxy) is 2. The van der Waals surface area contributed by atoms with Crippen LogP contribution in [0, 0.1) is 0 Å². The fraction of sp³-hybridized carbons (Fsp3) is 0.583. The molecule has 0 atom stereocenters. The maximum absolute atomic E-state index is 12.1. The first-order valence-corrected chi connectivity index (χ1v) is 6.75. The third-order valence-corrected chi connectivity index (χ3v) is 3.08. The van der Waals surface area contributed by atoms with Gasteiger partial charge in [-0.1, -0.05) is 11.3 Å². The first-order chi connectivity index (χ1) is 9.24. The molecule has 8 heteroatoms. The minimum absolute atomic E-state index is 0.0611. The van der Waals surface area contributed by atoms with Crippen LogP contribution in [0.3, 0.4) is 0 Å². The summed E-state index contributed by atoms with van der Waals surface area (Å²) >= 11 is 0.913. The zero-order valence-electron chi connectivity index (χ0n) is 11.9. The molecule has 0 bridgehead atoms. The van der Waals surface area contributed by atoms with Gasteiger partial charge in [-0.05, 0) is 20.8 Å². The molecule has 1 aromatic rings. The van der Waals surface area contributed by atoms with Crippen molar-refractivity contribution in [2.45, 2.75) is 26.4 Å². The molecular weight excluding hydrogens is 284 g/mol. The summed E-state index contributed by atoms with van der Waals surface area (Å²) in [6, 6.07) is 0. The predicted octanol–water partition coefficient (Wildman–Crippen LogP) is 2.23. The van der Waals surface area contributed by atoms with E-state index in [1.165, 1.54) is 18.2 Å². The number of carbonyl (C=O) groups is 2. The van der Waals surface area contributed by atoms with E-state index < -0.39 is 17.7 Å². The Bertz CT molecular complexity index is 480. The molecule has 1 heterocycles. The number of carboxylic acid groups (broad SMARTS) is 1. The maximum Gasteiger partial charge on any atom is 0.416 e. The Hall–Kier alpha value is -1.67. The van der Waals surface area contributed by atoms with E-state index in [0.29, 0.717) is 6.61 Å². The Morgan fingerprint density at radius 2 is 2.10 bits per heavy atom. The zero-order chi connectivity index (χ0) is 15.3. The summed E-state index contributed by atoms with van der Waals surface area (Å²) in [5, 5.41) is 9.16. The van der Waals surface area contributed by atoms with Crippen LogP contribution in [-0.4, -0.2) is 48.0 Å². The van der Waals surface area contributed by atoms with E-state index in [-0.39, 0.29) is 16.6 Å². The van der Waals surface area contributed by atoms with Crippen LogP contribution in [0.2, 0.25) is 0 Å². The van der Waals surface area contributed by atoms with Crippen LogP contribution in [0.25, 0.3) is 0 Å². The van der Waals surface area contributed by atoms with Crippen molar-refractivity contribution in [3.63, 3.8) is 0 Å². The minimum atomic E-state index is -1.08. The van der Waals surface area contributed by atoms with E-state index in [1.807, 2.05) is 0 Å². The second kappa shape index (κ2) is 6.67. The summed E-state index contributed by atoms with van der Waals surface area (Å²) in [7, 11) is 1.51. The van der Waals surface area contributed by atoms with E-state index in [1.54, 1.807) is 20.8 Å². The number of hydrogen-bond acceptors (Lipinski definition) is 6. The molecular formula is C12H18N2O5S. The number of nitrogens with zero attached hydrogens (tertiary/aromatic N) is 2. The van der Waals surface area contributed by atoms with E-state index in [2.05, 4.69) is 4.98 Å². The van der Waals surface area contributed by atoms with Gasteiger partial charge in [-0.15, -0.1) is 0 Å². The van der Waals surface area contributed by atoms with Crippen molar-refractivity contribution in [2.24, 2.45) is 0 Å². The second-order valence-corrected chi connectivity index (χ2v) is 5.95. The number of amides is 1. The number of thiazole rings is 1. The van der Waals surface area contributed by atoms with Crippen molar-refractivity contribution >= 4 is 28.5 Å². The molecule has 1 N–H and O–H groups in total. The van der Waals surface area contributed by atoms with Gasteiger partial charge in [0.05, 0.1) is 19.3 Å². The first kappa shape index (κ1) is 16.4. The van der Waals surface area contributed by atoms with E-state index in [0.717, 1.165) is 11.3 Å². The van der Waals surface area contributed by atoms with Crippen molar-refractivity contribution < 1.29 is 24.2 Å². The van der Waals surface area contributed by atoms with Crippen molar-refractivity contribution in [3.05, 3.63) is 11.1 Å². The zero-order valence-corrected chi connectivity index (χ0v) is 12.7. The summed E-state index contributed by atoms with van der Waals surface area (Å²) in [6.45, 7) is 5.79. The highest BCUT2D eigenvalue weighted by atomic mass is 32.1. The van der Waals surface area contributed by atoms with Gasteiger partial charge in [0.25, 0.3) is 0 Å². The predicted molar refractivity (Wildman–Crippen MR) is 74.5 cm³/mol. The van der Waals surface area contributed by atoms with Gasteiger partial charge in [0, 0.05) is 7.11 Å². The van der Waals surface area contributed by atoms with Crippen LogP contribution >= 0.6 is 11.3 Å². The summed E-state index contributed by atoms with van der Waals surface area (Å²) < 4.78 is 10.2. The fourth-order valence-corrected chi connectivity index (χ4v) is 2.02. The topological polar surface area (TPSA) is 89.0 Å². The Balaban J connectivity index is 2.92. The van der Waals surface area contributed by atoms with Gasteiger partial charge in [0.1, 0.15) is 10.5 Å². The molecule has 1 rings (SSSR count). The molecule has 0 saturated carbocycles. The van der Waals surface area contributed by atoms with Gasteiger partial charge in [0.15, 0.2) is 5.13 Å². The van der Waals surface area contributed by atoms with Crippen molar-refractivity contribution in [1.29, 1.82) is 0 Å². The van der Waals surface area contributed by atoms with Crippen LogP contribution in [-0.2, 0) is 9.47 Å². The monoisotopic (exact) mass is 302 g/mol. The van der Waals surface area contributed by atoms with Crippen molar-refractivity contribution in [1.82, 2.24) is 4.98 Å². The van der Waals surface area contributed by atoms with Gasteiger partial charge < -0.3 is 14.6 Å². The van der Waals surface area contributed by atoms with Gasteiger partial charge in [-0.25, -0.2) is 14.6 Å². The Labute approximate surface area is 121 Å². The van der Waals surface area contributed by atoms with Gasteiger partial charge in [-0.2, -0.15) is 0 Å². The number of methoxy groups -OCH3 is 1. The average molecular weight is 302 g/mol. The lowest BCUT2D eigenvalue weighted by Gasteiger charge is -2.25. The average Bonchev–Trinajstić information content (AvgIpc) is 2.76. The SMILES string of the molecule is COCCN(C(=O)OC(C)(C)C)c1ncc(C(=O)O)s1. The van der Waals surface area contributed by atoms with Gasteiger partial charge in [-0.3, -0.25) is 4.90 Å². The van der Waals surface area contributed by atoms with Crippen LogP contribution in [0.5, 0.6) is 0 Å². The molecule has 0 unspecified atom stereocenters. The lowest BCUT2D eigenvalue weighted by molar-refractivity contribution is 0.0568. The highest BCUT2D eigenvalue weighted by Gasteiger charge is 2.26. The molecule has 0 fully saturated rings. The Morgan fingerprint density at radius 1 is 1.45 bits per heavy atom. The Morgan fingerprint density at radius 3 is 2.55 bits per heavy atom. The number of rotatable bonds is 5. The standard InChI is InChI=1S/C12H18N2O5S/c1-12(2,3)19-11(17)14(5-6-18-4)10-13-7-8(20-10)9(15)16/h7H,5-6H2,1-4H3,(H,15,16). The van der Waals surface area contributed by atoms with E-state index in [4.69, 9.17) is 14.6 Å².